The van der Waals surface area contributed by atoms with Gasteiger partial charge in [0.15, 0.2) is 0 Å². The fourth-order valence-electron chi connectivity index (χ4n) is 3.15. The van der Waals surface area contributed by atoms with Crippen molar-refractivity contribution in [1.29, 1.82) is 0 Å². The number of halogens is 1. The van der Waals surface area contributed by atoms with Gasteiger partial charge < -0.3 is 10.4 Å². The van der Waals surface area contributed by atoms with Crippen LogP contribution in [-0.4, -0.2) is 29.4 Å². The number of rotatable bonds is 11. The summed E-state index contributed by atoms with van der Waals surface area (Å²) in [7, 11) is 0. The highest BCUT2D eigenvalue weighted by Gasteiger charge is 2.24. The molecule has 0 heterocycles. The van der Waals surface area contributed by atoms with Crippen LogP contribution in [0.3, 0.4) is 0 Å². The van der Waals surface area contributed by atoms with Crippen molar-refractivity contribution in [3.63, 3.8) is 0 Å². The van der Waals surface area contributed by atoms with Crippen LogP contribution < -0.4 is 10.2 Å². The van der Waals surface area contributed by atoms with Crippen molar-refractivity contribution in [2.24, 2.45) is 0 Å². The summed E-state index contributed by atoms with van der Waals surface area (Å²) in [5, 5.41) is 11.5. The van der Waals surface area contributed by atoms with E-state index in [4.69, 9.17) is 5.11 Å². The molecule has 2 N–H and O–H groups in total. The number of hydrogen-bond donors (Lipinski definition) is 2. The van der Waals surface area contributed by atoms with Gasteiger partial charge in [-0.25, -0.2) is 0 Å². The average molecular weight is 493 g/mol. The Labute approximate surface area is 193 Å². The van der Waals surface area contributed by atoms with Crippen molar-refractivity contribution < 1.29 is 19.5 Å². The van der Waals surface area contributed by atoms with Crippen molar-refractivity contribution in [2.75, 3.05) is 11.4 Å². The number of aryl methyl sites for hydroxylation is 1. The maximum atomic E-state index is 13.4. The molecule has 0 spiro atoms. The Balaban J connectivity index is 3.30. The molecule has 0 aromatic heterocycles. The topological polar surface area (TPSA) is 86.7 Å². The van der Waals surface area contributed by atoms with Gasteiger partial charge in [0.1, 0.15) is 0 Å². The number of aliphatic carboxylic acids is 1. The minimum atomic E-state index is -0.892. The first-order valence-corrected chi connectivity index (χ1v) is 11.4. The molecular weight excluding hydrogens is 460 g/mol. The lowest BCUT2D eigenvalue weighted by Crippen LogP contribution is -2.31. The lowest BCUT2D eigenvalue weighted by Gasteiger charge is -2.26. The van der Waals surface area contributed by atoms with Crippen LogP contribution in [-0.2, 0) is 9.59 Å². The van der Waals surface area contributed by atoms with Crippen molar-refractivity contribution in [3.8, 4) is 0 Å². The summed E-state index contributed by atoms with van der Waals surface area (Å²) in [5.74, 6) is -1.36. The van der Waals surface area contributed by atoms with Crippen molar-refractivity contribution in [3.05, 3.63) is 51.2 Å². The van der Waals surface area contributed by atoms with E-state index >= 15 is 0 Å². The molecule has 7 heteroatoms. The number of carboxylic acid groups (broad SMARTS) is 1. The summed E-state index contributed by atoms with van der Waals surface area (Å²) in [4.78, 5) is 38.3. The van der Waals surface area contributed by atoms with Crippen LogP contribution in [0.1, 0.15) is 75.7 Å². The number of allylic oxidation sites excluding steroid dienone is 3. The Morgan fingerprint density at radius 3 is 2.42 bits per heavy atom. The number of nitrogens with zero attached hydrogens (tertiary/aromatic N) is 1. The highest BCUT2D eigenvalue weighted by molar-refractivity contribution is 9.12. The number of nitrogens with one attached hydrogen (secondary N) is 1. The minimum absolute atomic E-state index is 0.000186. The molecule has 0 fully saturated rings. The molecule has 0 bridgehead atoms. The van der Waals surface area contributed by atoms with Crippen LogP contribution in [0.25, 0.3) is 0 Å². The Morgan fingerprint density at radius 2 is 1.84 bits per heavy atom. The van der Waals surface area contributed by atoms with Crippen LogP contribution in [0.4, 0.5) is 5.69 Å². The number of carboxylic acids is 1. The number of amides is 2. The van der Waals surface area contributed by atoms with Crippen molar-refractivity contribution in [1.82, 2.24) is 5.32 Å². The molecular formula is C24H33BrN2O4. The third kappa shape index (κ3) is 7.98. The molecule has 6 nitrogen and oxygen atoms in total. The van der Waals surface area contributed by atoms with Crippen LogP contribution in [0.2, 0.25) is 0 Å². The molecule has 0 saturated carbocycles. The monoisotopic (exact) mass is 492 g/mol. The van der Waals surface area contributed by atoms with Gasteiger partial charge in [0.2, 0.25) is 0 Å². The van der Waals surface area contributed by atoms with E-state index in [1.807, 2.05) is 39.8 Å². The SMILES string of the molecule is CC/C=C(\C)N(C(=O)/C(Br)=C(\C)CCC)c1cc(C(=O)NCCCC(=O)O)ccc1C. The third-order valence-corrected chi connectivity index (χ3v) is 5.82. The van der Waals surface area contributed by atoms with Crippen LogP contribution in [0.5, 0.6) is 0 Å². The molecule has 0 radical (unpaired) electrons. The van der Waals surface area contributed by atoms with Gasteiger partial charge in [-0.2, -0.15) is 0 Å². The summed E-state index contributed by atoms with van der Waals surface area (Å²) in [6.45, 7) is 10.1. The minimum Gasteiger partial charge on any atom is -0.481 e. The predicted octanol–water partition coefficient (Wildman–Crippen LogP) is 5.71. The van der Waals surface area contributed by atoms with E-state index in [2.05, 4.69) is 28.2 Å². The number of carbonyl (C=O) groups excluding carboxylic acids is 2. The molecule has 0 saturated heterocycles. The summed E-state index contributed by atoms with van der Waals surface area (Å²) in [6.07, 6.45) is 4.86. The highest BCUT2D eigenvalue weighted by atomic mass is 79.9. The highest BCUT2D eigenvalue weighted by Crippen LogP contribution is 2.30. The molecule has 31 heavy (non-hydrogen) atoms. The zero-order chi connectivity index (χ0) is 23.6. The van der Waals surface area contributed by atoms with E-state index in [1.165, 1.54) is 0 Å². The molecule has 0 aliphatic heterocycles. The third-order valence-electron chi connectivity index (χ3n) is 4.81. The zero-order valence-corrected chi connectivity index (χ0v) is 20.6. The van der Waals surface area contributed by atoms with E-state index in [1.54, 1.807) is 17.0 Å². The van der Waals surface area contributed by atoms with Crippen LogP contribution in [0, 0.1) is 6.92 Å². The summed E-state index contributed by atoms with van der Waals surface area (Å²) < 4.78 is 0.529. The summed E-state index contributed by atoms with van der Waals surface area (Å²) in [6, 6.07) is 5.24. The molecule has 1 rings (SSSR count). The van der Waals surface area contributed by atoms with E-state index in [-0.39, 0.29) is 24.8 Å². The van der Waals surface area contributed by atoms with E-state index in [0.29, 0.717) is 22.2 Å². The average Bonchev–Trinajstić information content (AvgIpc) is 2.72. The molecule has 0 aliphatic rings. The first kappa shape index (κ1) is 26.6. The fourth-order valence-corrected chi connectivity index (χ4v) is 3.52. The molecule has 170 valence electrons. The Kier molecular flexibility index (Phi) is 11.3. The summed E-state index contributed by atoms with van der Waals surface area (Å²) >= 11 is 3.49. The Hall–Kier alpha value is -2.41. The van der Waals surface area contributed by atoms with Gasteiger partial charge in [-0.1, -0.05) is 38.0 Å². The van der Waals surface area contributed by atoms with Gasteiger partial charge in [0, 0.05) is 24.2 Å². The smallest absolute Gasteiger partial charge is 0.303 e. The van der Waals surface area contributed by atoms with Crippen molar-refractivity contribution in [2.45, 2.75) is 66.7 Å². The van der Waals surface area contributed by atoms with Crippen molar-refractivity contribution >= 4 is 39.4 Å². The number of anilines is 1. The van der Waals surface area contributed by atoms with Gasteiger partial charge in [-0.05, 0) is 73.7 Å². The van der Waals surface area contributed by atoms with E-state index < -0.39 is 5.97 Å². The number of benzene rings is 1. The van der Waals surface area contributed by atoms with Crippen LogP contribution >= 0.6 is 15.9 Å². The lowest BCUT2D eigenvalue weighted by molar-refractivity contribution is -0.137. The van der Waals surface area contributed by atoms with E-state index in [0.717, 1.165) is 36.1 Å². The summed E-state index contributed by atoms with van der Waals surface area (Å²) in [5.41, 5.74) is 3.70. The standard InChI is InChI=1S/C24H33BrN2O4/c1-6-9-17(4)22(25)24(31)27(18(5)10-7-2)20-15-19(13-12-16(20)3)23(30)26-14-8-11-21(28)29/h10,12-13,15H,6-9,11,14H2,1-5H3,(H,26,30)(H,28,29)/b18-10+,22-17-. The van der Waals surface area contributed by atoms with Crippen LogP contribution in [0.15, 0.2) is 40.0 Å². The maximum Gasteiger partial charge on any atom is 0.303 e. The molecule has 1 aromatic rings. The lowest BCUT2D eigenvalue weighted by atomic mass is 10.1. The normalized spacial score (nSPS) is 12.3. The second-order valence-electron chi connectivity index (χ2n) is 7.49. The Bertz CT molecular complexity index is 874. The molecule has 1 aromatic carbocycles. The largest absolute Gasteiger partial charge is 0.481 e. The first-order valence-electron chi connectivity index (χ1n) is 10.6. The molecule has 2 amide bonds. The second kappa shape index (κ2) is 13.1. The predicted molar refractivity (Wildman–Crippen MR) is 128 cm³/mol. The molecule has 0 atom stereocenters. The molecule has 0 unspecified atom stereocenters. The Morgan fingerprint density at radius 1 is 1.16 bits per heavy atom. The van der Waals surface area contributed by atoms with Gasteiger partial charge in [-0.3, -0.25) is 19.3 Å². The van der Waals surface area contributed by atoms with Gasteiger partial charge in [0.05, 0.1) is 10.2 Å². The quantitative estimate of drug-likeness (QED) is 0.306. The van der Waals surface area contributed by atoms with Gasteiger partial charge >= 0.3 is 5.97 Å². The van der Waals surface area contributed by atoms with Gasteiger partial charge in [0.25, 0.3) is 11.8 Å². The first-order chi connectivity index (χ1) is 14.6. The van der Waals surface area contributed by atoms with Gasteiger partial charge in [-0.15, -0.1) is 0 Å². The maximum absolute atomic E-state index is 13.4. The number of carbonyl (C=O) groups is 3. The number of hydrogen-bond acceptors (Lipinski definition) is 3. The molecule has 0 aliphatic carbocycles. The van der Waals surface area contributed by atoms with E-state index in [9.17, 15) is 14.4 Å². The second-order valence-corrected chi connectivity index (χ2v) is 8.29. The fraction of sp³-hybridized carbons (Fsp3) is 0.458. The zero-order valence-electron chi connectivity index (χ0n) is 19.0.